The molecule has 0 unspecified atom stereocenters. The number of para-hydroxylation sites is 1. The second kappa shape index (κ2) is 8.62. The summed E-state index contributed by atoms with van der Waals surface area (Å²) >= 11 is 0. The van der Waals surface area contributed by atoms with Crippen molar-refractivity contribution < 1.29 is 14.3 Å². The highest BCUT2D eigenvalue weighted by Gasteiger charge is 2.32. The van der Waals surface area contributed by atoms with Crippen LogP contribution in [0.15, 0.2) is 72.8 Å². The number of nitrogens with one attached hydrogen (secondary N) is 1. The molecule has 3 aromatic rings. The van der Waals surface area contributed by atoms with E-state index in [2.05, 4.69) is 37.4 Å². The van der Waals surface area contributed by atoms with Crippen molar-refractivity contribution in [1.29, 1.82) is 0 Å². The quantitative estimate of drug-likeness (QED) is 0.609. The molecule has 3 aromatic carbocycles. The van der Waals surface area contributed by atoms with E-state index >= 15 is 0 Å². The molecule has 0 saturated carbocycles. The minimum absolute atomic E-state index is 0.0603. The Morgan fingerprint density at radius 2 is 1.73 bits per heavy atom. The van der Waals surface area contributed by atoms with Gasteiger partial charge in [0.1, 0.15) is 12.2 Å². The fourth-order valence-corrected chi connectivity index (χ4v) is 3.68. The van der Waals surface area contributed by atoms with Gasteiger partial charge in [-0.05, 0) is 49.6 Å². The summed E-state index contributed by atoms with van der Waals surface area (Å²) in [5, 5.41) is 2.97. The lowest BCUT2D eigenvalue weighted by atomic mass is 10.0. The maximum Gasteiger partial charge on any atom is 0.251 e. The minimum atomic E-state index is -0.197. The first-order chi connectivity index (χ1) is 14.5. The Morgan fingerprint density at radius 1 is 0.967 bits per heavy atom. The van der Waals surface area contributed by atoms with Crippen molar-refractivity contribution in [2.45, 2.75) is 38.9 Å². The maximum atomic E-state index is 12.4. The Hall–Kier alpha value is -3.27. The average Bonchev–Trinajstić information content (AvgIpc) is 3.07. The number of benzene rings is 3. The van der Waals surface area contributed by atoms with Gasteiger partial charge in [-0.15, -0.1) is 0 Å². The molecule has 0 atom stereocenters. The van der Waals surface area contributed by atoms with Gasteiger partial charge in [-0.3, -0.25) is 4.79 Å². The zero-order chi connectivity index (χ0) is 21.0. The van der Waals surface area contributed by atoms with Gasteiger partial charge in [-0.2, -0.15) is 0 Å². The Kier molecular flexibility index (Phi) is 5.75. The summed E-state index contributed by atoms with van der Waals surface area (Å²) in [4.78, 5) is 12.4. The first kappa shape index (κ1) is 20.0. The third kappa shape index (κ3) is 4.82. The SMILES string of the molecule is CC1(C)Cc2cccc(OCc3ccc(C(=O)NCCc4ccccc4)cc3)c2O1. The lowest BCUT2D eigenvalue weighted by molar-refractivity contribution is 0.0954. The highest BCUT2D eigenvalue weighted by Crippen LogP contribution is 2.41. The molecular formula is C26H27NO3. The van der Waals surface area contributed by atoms with E-state index in [1.54, 1.807) is 0 Å². The van der Waals surface area contributed by atoms with E-state index in [-0.39, 0.29) is 11.5 Å². The second-order valence-corrected chi connectivity index (χ2v) is 8.26. The van der Waals surface area contributed by atoms with Crippen molar-refractivity contribution in [3.8, 4) is 11.5 Å². The van der Waals surface area contributed by atoms with E-state index in [1.165, 1.54) is 11.1 Å². The van der Waals surface area contributed by atoms with Crippen molar-refractivity contribution in [3.63, 3.8) is 0 Å². The number of carbonyl (C=O) groups is 1. The Labute approximate surface area is 177 Å². The van der Waals surface area contributed by atoms with Gasteiger partial charge < -0.3 is 14.8 Å². The molecule has 0 spiro atoms. The van der Waals surface area contributed by atoms with Crippen LogP contribution in [0.1, 0.15) is 40.9 Å². The van der Waals surface area contributed by atoms with Gasteiger partial charge in [0.05, 0.1) is 0 Å². The number of rotatable bonds is 7. The van der Waals surface area contributed by atoms with Crippen molar-refractivity contribution in [1.82, 2.24) is 5.32 Å². The smallest absolute Gasteiger partial charge is 0.251 e. The summed E-state index contributed by atoms with van der Waals surface area (Å²) in [6.07, 6.45) is 1.70. The Morgan fingerprint density at radius 3 is 2.50 bits per heavy atom. The Bertz CT molecular complexity index is 1010. The molecule has 0 aliphatic carbocycles. The topological polar surface area (TPSA) is 47.6 Å². The van der Waals surface area contributed by atoms with Crippen LogP contribution in [0.5, 0.6) is 11.5 Å². The molecule has 30 heavy (non-hydrogen) atoms. The monoisotopic (exact) mass is 401 g/mol. The lowest BCUT2D eigenvalue weighted by Gasteiger charge is -2.18. The third-order valence-electron chi connectivity index (χ3n) is 5.21. The normalized spacial score (nSPS) is 13.9. The fourth-order valence-electron chi connectivity index (χ4n) is 3.68. The molecule has 1 aliphatic rings. The van der Waals surface area contributed by atoms with E-state index in [4.69, 9.17) is 9.47 Å². The Balaban J connectivity index is 1.30. The van der Waals surface area contributed by atoms with Crippen molar-refractivity contribution >= 4 is 5.91 Å². The van der Waals surface area contributed by atoms with Crippen LogP contribution in [0, 0.1) is 0 Å². The summed E-state index contributed by atoms with van der Waals surface area (Å²) in [5.74, 6) is 1.55. The summed E-state index contributed by atoms with van der Waals surface area (Å²) < 4.78 is 12.1. The third-order valence-corrected chi connectivity index (χ3v) is 5.21. The highest BCUT2D eigenvalue weighted by molar-refractivity contribution is 5.94. The molecule has 4 heteroatoms. The van der Waals surface area contributed by atoms with E-state index in [1.807, 2.05) is 54.6 Å². The molecule has 1 heterocycles. The predicted molar refractivity (Wildman–Crippen MR) is 118 cm³/mol. The minimum Gasteiger partial charge on any atom is -0.485 e. The zero-order valence-corrected chi connectivity index (χ0v) is 17.5. The number of hydrogen-bond donors (Lipinski definition) is 1. The second-order valence-electron chi connectivity index (χ2n) is 8.26. The van der Waals surface area contributed by atoms with Gasteiger partial charge in [0.15, 0.2) is 11.5 Å². The van der Waals surface area contributed by atoms with E-state index in [0.717, 1.165) is 29.9 Å². The van der Waals surface area contributed by atoms with Gasteiger partial charge in [0.25, 0.3) is 5.91 Å². The van der Waals surface area contributed by atoms with Crippen molar-refractivity contribution in [2.24, 2.45) is 0 Å². The first-order valence-corrected chi connectivity index (χ1v) is 10.3. The number of fused-ring (bicyclic) bond motifs is 1. The summed E-state index contributed by atoms with van der Waals surface area (Å²) in [6, 6.07) is 23.7. The van der Waals surface area contributed by atoms with Gasteiger partial charge in [-0.25, -0.2) is 0 Å². The van der Waals surface area contributed by atoms with Gasteiger partial charge in [0.2, 0.25) is 0 Å². The number of amides is 1. The largest absolute Gasteiger partial charge is 0.485 e. The predicted octanol–water partition coefficient (Wildman–Crippen LogP) is 4.95. The van der Waals surface area contributed by atoms with Crippen LogP contribution >= 0.6 is 0 Å². The highest BCUT2D eigenvalue weighted by atomic mass is 16.5. The molecule has 1 amide bonds. The van der Waals surface area contributed by atoms with Crippen LogP contribution in [0.3, 0.4) is 0 Å². The maximum absolute atomic E-state index is 12.4. The zero-order valence-electron chi connectivity index (χ0n) is 17.5. The number of carbonyl (C=O) groups excluding carboxylic acids is 1. The summed E-state index contributed by atoms with van der Waals surface area (Å²) in [7, 11) is 0. The molecule has 154 valence electrons. The molecule has 1 N–H and O–H groups in total. The van der Waals surface area contributed by atoms with E-state index in [9.17, 15) is 4.79 Å². The van der Waals surface area contributed by atoms with Crippen LogP contribution in [-0.4, -0.2) is 18.1 Å². The van der Waals surface area contributed by atoms with Crippen LogP contribution in [0.25, 0.3) is 0 Å². The molecule has 0 saturated heterocycles. The fraction of sp³-hybridized carbons (Fsp3) is 0.269. The van der Waals surface area contributed by atoms with Crippen LogP contribution < -0.4 is 14.8 Å². The molecule has 0 radical (unpaired) electrons. The molecule has 4 nitrogen and oxygen atoms in total. The van der Waals surface area contributed by atoms with Gasteiger partial charge >= 0.3 is 0 Å². The summed E-state index contributed by atoms with van der Waals surface area (Å²) in [6.45, 7) is 5.21. The molecule has 0 aromatic heterocycles. The summed E-state index contributed by atoms with van der Waals surface area (Å²) in [5.41, 5.74) is 3.85. The van der Waals surface area contributed by atoms with Crippen molar-refractivity contribution in [2.75, 3.05) is 6.54 Å². The number of hydrogen-bond acceptors (Lipinski definition) is 3. The molecular weight excluding hydrogens is 374 g/mol. The molecule has 0 bridgehead atoms. The van der Waals surface area contributed by atoms with Gasteiger partial charge in [0, 0.05) is 24.1 Å². The first-order valence-electron chi connectivity index (χ1n) is 10.3. The number of ether oxygens (including phenoxy) is 2. The molecule has 4 rings (SSSR count). The lowest BCUT2D eigenvalue weighted by Crippen LogP contribution is -2.25. The van der Waals surface area contributed by atoms with E-state index < -0.39 is 0 Å². The average molecular weight is 402 g/mol. The van der Waals surface area contributed by atoms with Crippen LogP contribution in [0.2, 0.25) is 0 Å². The standard InChI is InChI=1S/C26H27NO3/c1-26(2)17-22-9-6-10-23(24(22)30-26)29-18-20-11-13-21(14-12-20)25(28)27-16-15-19-7-4-3-5-8-19/h3-14H,15-18H2,1-2H3,(H,27,28). The molecule has 1 aliphatic heterocycles. The van der Waals surface area contributed by atoms with Crippen LogP contribution in [-0.2, 0) is 19.4 Å². The molecule has 0 fully saturated rings. The van der Waals surface area contributed by atoms with E-state index in [0.29, 0.717) is 18.7 Å². The van der Waals surface area contributed by atoms with Crippen LogP contribution in [0.4, 0.5) is 0 Å². The van der Waals surface area contributed by atoms with Crippen molar-refractivity contribution in [3.05, 3.63) is 95.1 Å². The van der Waals surface area contributed by atoms with Gasteiger partial charge in [-0.1, -0.05) is 54.6 Å².